The molecular weight excluding hydrogens is 685 g/mol. The van der Waals surface area contributed by atoms with Crippen LogP contribution in [0.4, 0.5) is 0 Å². The van der Waals surface area contributed by atoms with Gasteiger partial charge in [0.1, 0.15) is 5.75 Å². The predicted octanol–water partition coefficient (Wildman–Crippen LogP) is 7.50. The van der Waals surface area contributed by atoms with Crippen molar-refractivity contribution in [2.75, 3.05) is 13.1 Å². The van der Waals surface area contributed by atoms with Crippen molar-refractivity contribution in [2.45, 2.75) is 63.5 Å². The van der Waals surface area contributed by atoms with E-state index in [-0.39, 0.29) is 41.6 Å². The molecule has 0 spiro atoms. The van der Waals surface area contributed by atoms with E-state index in [1.165, 1.54) is 5.56 Å². The molecule has 0 unspecified atom stereocenters. The monoisotopic (exact) mass is 730 g/mol. The fourth-order valence-electron chi connectivity index (χ4n) is 11.0. The molecular formula is C48H46N2O5. The van der Waals surface area contributed by atoms with Crippen LogP contribution in [-0.4, -0.2) is 57.4 Å². The molecule has 0 radical (unpaired) electrons. The van der Waals surface area contributed by atoms with E-state index in [1.54, 1.807) is 11.0 Å². The maximum absolute atomic E-state index is 15.3. The quantitative estimate of drug-likeness (QED) is 0.163. The molecule has 7 nitrogen and oxygen atoms in total. The van der Waals surface area contributed by atoms with E-state index in [0.717, 1.165) is 49.2 Å². The van der Waals surface area contributed by atoms with Crippen molar-refractivity contribution in [2.24, 2.45) is 23.7 Å². The van der Waals surface area contributed by atoms with Crippen LogP contribution in [0.5, 0.6) is 5.75 Å². The molecule has 0 aromatic heterocycles. The molecule has 1 N–H and O–H groups in total. The molecule has 55 heavy (non-hydrogen) atoms. The number of fused-ring (bicyclic) bond motifs is 4. The number of carbonyl (C=O) groups excluding carboxylic acids is 4. The number of hydrogen-bond acceptors (Lipinski definition) is 6. The molecule has 7 heteroatoms. The Labute approximate surface area is 322 Å². The summed E-state index contributed by atoms with van der Waals surface area (Å²) in [6.07, 6.45) is 5.81. The Morgan fingerprint density at radius 2 is 1.38 bits per heavy atom. The van der Waals surface area contributed by atoms with Gasteiger partial charge in [0, 0.05) is 43.1 Å². The van der Waals surface area contributed by atoms with Gasteiger partial charge in [-0.1, -0.05) is 115 Å². The summed E-state index contributed by atoms with van der Waals surface area (Å²) in [5.74, 6) is -3.22. The predicted molar refractivity (Wildman–Crippen MR) is 211 cm³/mol. The van der Waals surface area contributed by atoms with Gasteiger partial charge in [0.25, 0.3) is 0 Å². The van der Waals surface area contributed by atoms with E-state index >= 15 is 9.59 Å². The number of aryl methyl sites for hydroxylation is 2. The summed E-state index contributed by atoms with van der Waals surface area (Å²) < 4.78 is 0. The largest absolute Gasteiger partial charge is 0.507 e. The molecule has 2 heterocycles. The summed E-state index contributed by atoms with van der Waals surface area (Å²) in [5.41, 5.74) is 4.92. The van der Waals surface area contributed by atoms with E-state index in [1.807, 2.05) is 105 Å². The van der Waals surface area contributed by atoms with Crippen LogP contribution in [0.25, 0.3) is 5.57 Å². The molecule has 0 bridgehead atoms. The van der Waals surface area contributed by atoms with Crippen LogP contribution >= 0.6 is 0 Å². The number of benzene rings is 4. The van der Waals surface area contributed by atoms with Crippen LogP contribution in [0.3, 0.4) is 0 Å². The van der Waals surface area contributed by atoms with Gasteiger partial charge in [-0.15, -0.1) is 0 Å². The molecule has 3 aliphatic carbocycles. The van der Waals surface area contributed by atoms with E-state index in [0.29, 0.717) is 28.7 Å². The number of Topliss-reactive ketones (excluding diaryl/α,β-unsaturated/α-hetero) is 1. The van der Waals surface area contributed by atoms with Crippen molar-refractivity contribution in [1.82, 2.24) is 9.80 Å². The number of rotatable bonds is 6. The molecule has 3 fully saturated rings. The van der Waals surface area contributed by atoms with Gasteiger partial charge in [-0.2, -0.15) is 0 Å². The van der Waals surface area contributed by atoms with Gasteiger partial charge >= 0.3 is 0 Å². The van der Waals surface area contributed by atoms with Crippen molar-refractivity contribution in [3.63, 3.8) is 0 Å². The number of phenolic OH excluding ortho intramolecular Hbond substituents is 1. The Bertz CT molecular complexity index is 2230. The minimum absolute atomic E-state index is 0.101. The Morgan fingerprint density at radius 1 is 0.764 bits per heavy atom. The minimum Gasteiger partial charge on any atom is -0.507 e. The van der Waals surface area contributed by atoms with Crippen molar-refractivity contribution in [1.29, 1.82) is 0 Å². The normalized spacial score (nSPS) is 28.3. The second-order valence-corrected chi connectivity index (χ2v) is 16.3. The molecule has 6 atom stereocenters. The van der Waals surface area contributed by atoms with E-state index in [4.69, 9.17) is 0 Å². The van der Waals surface area contributed by atoms with Crippen molar-refractivity contribution in [3.8, 4) is 5.75 Å². The Balaban J connectivity index is 1.14. The highest BCUT2D eigenvalue weighted by Crippen LogP contribution is 2.64. The number of carbonyl (C=O) groups is 4. The van der Waals surface area contributed by atoms with Gasteiger partial charge in [0.05, 0.1) is 17.3 Å². The second kappa shape index (κ2) is 13.7. The first-order valence-electron chi connectivity index (χ1n) is 19.7. The smallest absolute Gasteiger partial charge is 0.233 e. The van der Waals surface area contributed by atoms with Crippen LogP contribution in [0, 0.1) is 37.5 Å². The fraction of sp³-hybridized carbons (Fsp3) is 0.333. The van der Waals surface area contributed by atoms with Crippen LogP contribution in [-0.2, 0) is 31.1 Å². The summed E-state index contributed by atoms with van der Waals surface area (Å²) in [6.45, 7) is 6.15. The highest BCUT2D eigenvalue weighted by Gasteiger charge is 2.66. The van der Waals surface area contributed by atoms with Crippen LogP contribution < -0.4 is 0 Å². The number of imide groups is 1. The maximum Gasteiger partial charge on any atom is 0.233 e. The van der Waals surface area contributed by atoms with Gasteiger partial charge in [-0.05, 0) is 84.9 Å². The number of aromatic hydroxyl groups is 1. The lowest BCUT2D eigenvalue weighted by molar-refractivity contribution is -0.144. The zero-order valence-corrected chi connectivity index (χ0v) is 31.4. The SMILES string of the molecule is Cc1cc([C@H]2C3=CC[C@@H]4C(=O)N(C5CCN(Cc6ccccc6)CC5)C(=O)[C@@H]4[C@@H]3C[C@H]3C(=O)C(c4ccccc4)=CC(=O)[C@@]23c2ccccc2)cc(C)c1O. The van der Waals surface area contributed by atoms with Crippen LogP contribution in [0.1, 0.15) is 65.0 Å². The molecule has 2 amide bonds. The lowest BCUT2D eigenvalue weighted by atomic mass is 9.44. The summed E-state index contributed by atoms with van der Waals surface area (Å²) in [6, 6.07) is 33.1. The highest BCUT2D eigenvalue weighted by atomic mass is 16.3. The lowest BCUT2D eigenvalue weighted by Crippen LogP contribution is -2.59. The molecule has 1 saturated carbocycles. The average Bonchev–Trinajstić information content (AvgIpc) is 3.47. The van der Waals surface area contributed by atoms with Crippen LogP contribution in [0.2, 0.25) is 0 Å². The first-order valence-corrected chi connectivity index (χ1v) is 19.7. The summed E-state index contributed by atoms with van der Waals surface area (Å²) in [7, 11) is 0. The van der Waals surface area contributed by atoms with Gasteiger partial charge in [-0.3, -0.25) is 29.0 Å². The van der Waals surface area contributed by atoms with Crippen molar-refractivity contribution in [3.05, 3.63) is 154 Å². The number of piperidine rings is 1. The van der Waals surface area contributed by atoms with Gasteiger partial charge < -0.3 is 5.11 Å². The van der Waals surface area contributed by atoms with E-state index in [2.05, 4.69) is 23.1 Å². The first kappa shape index (κ1) is 35.3. The second-order valence-electron chi connectivity index (χ2n) is 16.3. The van der Waals surface area contributed by atoms with Crippen molar-refractivity contribution < 1.29 is 24.3 Å². The third-order valence-corrected chi connectivity index (χ3v) is 13.4. The summed E-state index contributed by atoms with van der Waals surface area (Å²) in [5, 5.41) is 10.9. The molecule has 9 rings (SSSR count). The van der Waals surface area contributed by atoms with Gasteiger partial charge in [0.2, 0.25) is 11.8 Å². The van der Waals surface area contributed by atoms with E-state index in [9.17, 15) is 14.7 Å². The van der Waals surface area contributed by atoms with Gasteiger partial charge in [-0.25, -0.2) is 0 Å². The molecule has 2 aliphatic heterocycles. The zero-order chi connectivity index (χ0) is 38.0. The average molecular weight is 731 g/mol. The molecule has 4 aromatic carbocycles. The molecule has 278 valence electrons. The fourth-order valence-corrected chi connectivity index (χ4v) is 11.0. The zero-order valence-electron chi connectivity index (χ0n) is 31.4. The number of ketones is 2. The van der Waals surface area contributed by atoms with Crippen LogP contribution in [0.15, 0.2) is 121 Å². The number of hydrogen-bond donors (Lipinski definition) is 1. The highest BCUT2D eigenvalue weighted by molar-refractivity contribution is 6.31. The molecule has 2 saturated heterocycles. The van der Waals surface area contributed by atoms with E-state index < -0.39 is 35.0 Å². The number of likely N-dealkylation sites (tertiary alicyclic amines) is 2. The van der Waals surface area contributed by atoms with Crippen molar-refractivity contribution >= 4 is 29.0 Å². The number of phenols is 1. The topological polar surface area (TPSA) is 95.0 Å². The Kier molecular flexibility index (Phi) is 8.81. The lowest BCUT2D eigenvalue weighted by Gasteiger charge is -2.55. The number of allylic oxidation sites excluding steroid dienone is 4. The minimum atomic E-state index is -1.29. The maximum atomic E-state index is 15.3. The Morgan fingerprint density at radius 3 is 2.04 bits per heavy atom. The number of nitrogens with zero attached hydrogens (tertiary/aromatic N) is 2. The third-order valence-electron chi connectivity index (χ3n) is 13.4. The summed E-state index contributed by atoms with van der Waals surface area (Å²) >= 11 is 0. The molecule has 4 aromatic rings. The molecule has 5 aliphatic rings. The first-order chi connectivity index (χ1) is 26.7. The van der Waals surface area contributed by atoms with Gasteiger partial charge in [0.15, 0.2) is 11.6 Å². The standard InChI is InChI=1S/C48H46N2O5/c1-29-24-33(25-30(2)44(29)52)43-36-18-19-37-42(47(55)50(46(37)54)35-20-22-49(23-21-35)28-31-12-6-3-7-13-31)39(36)26-40-45(53)38(32-14-8-4-9-15-32)27-41(51)48(40,43)34-16-10-5-11-17-34/h3-18,24-25,27,35,37,39-40,42-43,52H,19-23,26,28H2,1-2H3/t37-,39+,40-,42-,43-,48-/m0/s1. The number of amides is 2. The summed E-state index contributed by atoms with van der Waals surface area (Å²) in [4.78, 5) is 63.7. The third kappa shape index (κ3) is 5.57. The Hall–Kier alpha value is -5.40.